The Bertz CT molecular complexity index is 502. The zero-order valence-electron chi connectivity index (χ0n) is 9.64. The Kier molecular flexibility index (Phi) is 2.84. The second kappa shape index (κ2) is 4.17. The van der Waals surface area contributed by atoms with Crippen LogP contribution in [0.2, 0.25) is 0 Å². The van der Waals surface area contributed by atoms with Gasteiger partial charge in [-0.1, -0.05) is 24.3 Å². The number of carbonyl (C=O) groups is 2. The fourth-order valence-electron chi connectivity index (χ4n) is 2.49. The van der Waals surface area contributed by atoms with E-state index in [1.54, 1.807) is 6.08 Å². The van der Waals surface area contributed by atoms with Gasteiger partial charge < -0.3 is 9.90 Å². The number of carbonyl (C=O) groups excluding carboxylic acids is 2. The van der Waals surface area contributed by atoms with Crippen LogP contribution in [0.4, 0.5) is 0 Å². The van der Waals surface area contributed by atoms with Crippen LogP contribution in [0, 0.1) is 0 Å². The highest BCUT2D eigenvalue weighted by molar-refractivity contribution is 5.94. The third-order valence-corrected chi connectivity index (χ3v) is 3.42. The molecule has 0 saturated carbocycles. The predicted octanol–water partition coefficient (Wildman–Crippen LogP) is 2.10. The van der Waals surface area contributed by atoms with Gasteiger partial charge in [0.1, 0.15) is 23.2 Å². The summed E-state index contributed by atoms with van der Waals surface area (Å²) in [5.41, 5.74) is 0.568. The zero-order chi connectivity index (χ0) is 12.5. The van der Waals surface area contributed by atoms with E-state index >= 15 is 0 Å². The number of hydrogen-bond donors (Lipinski definition) is 1. The lowest BCUT2D eigenvalue weighted by molar-refractivity contribution is -0.124. The molecule has 3 nitrogen and oxygen atoms in total. The quantitative estimate of drug-likeness (QED) is 0.809. The number of allylic oxidation sites excluding steroid dienone is 2. The Balaban J connectivity index is 2.69. The molecule has 0 saturated heterocycles. The van der Waals surface area contributed by atoms with Crippen molar-refractivity contribution in [2.24, 2.45) is 0 Å². The van der Waals surface area contributed by atoms with Crippen LogP contribution in [0.3, 0.4) is 0 Å². The molecule has 0 spiro atoms. The first-order valence-corrected chi connectivity index (χ1v) is 5.55. The van der Waals surface area contributed by atoms with Gasteiger partial charge in [-0.05, 0) is 30.5 Å². The Morgan fingerprint density at radius 3 is 2.82 bits per heavy atom. The average Bonchev–Trinajstić information content (AvgIpc) is 2.32. The number of aliphatic hydroxyl groups is 1. The smallest absolute Gasteiger partial charge is 0.148 e. The minimum Gasteiger partial charge on any atom is -0.511 e. The fraction of sp³-hybridized carbons (Fsp3) is 0.286. The molecule has 0 aromatic heterocycles. The highest BCUT2D eigenvalue weighted by atomic mass is 16.3. The molecule has 1 aliphatic rings. The summed E-state index contributed by atoms with van der Waals surface area (Å²) in [6.45, 7) is 1.41. The molecule has 0 radical (unpaired) electrons. The molecule has 3 heteroatoms. The van der Waals surface area contributed by atoms with Gasteiger partial charge in [-0.25, -0.2) is 0 Å². The van der Waals surface area contributed by atoms with E-state index in [2.05, 4.69) is 0 Å². The Morgan fingerprint density at radius 2 is 2.18 bits per heavy atom. The number of aliphatic hydroxyl groups excluding tert-OH is 1. The van der Waals surface area contributed by atoms with Crippen molar-refractivity contribution < 1.29 is 14.7 Å². The summed E-state index contributed by atoms with van der Waals surface area (Å²) in [6, 6.07) is 7.44. The molecule has 88 valence electrons. The molecule has 1 atom stereocenters. The molecular weight excluding hydrogens is 216 g/mol. The van der Waals surface area contributed by atoms with E-state index in [1.165, 1.54) is 6.92 Å². The molecule has 0 bridgehead atoms. The van der Waals surface area contributed by atoms with E-state index in [0.29, 0.717) is 12.7 Å². The highest BCUT2D eigenvalue weighted by Crippen LogP contribution is 2.40. The lowest BCUT2D eigenvalue weighted by Gasteiger charge is -2.34. The molecule has 2 rings (SSSR count). The zero-order valence-corrected chi connectivity index (χ0v) is 9.64. The van der Waals surface area contributed by atoms with Crippen molar-refractivity contribution in [3.8, 4) is 0 Å². The normalized spacial score (nSPS) is 22.5. The summed E-state index contributed by atoms with van der Waals surface area (Å²) >= 11 is 0. The largest absolute Gasteiger partial charge is 0.511 e. The molecule has 17 heavy (non-hydrogen) atoms. The van der Waals surface area contributed by atoms with Crippen LogP contribution in [0.5, 0.6) is 0 Å². The monoisotopic (exact) mass is 230 g/mol. The minimum atomic E-state index is -1.17. The van der Waals surface area contributed by atoms with E-state index in [-0.39, 0.29) is 18.0 Å². The first-order chi connectivity index (χ1) is 8.13. The van der Waals surface area contributed by atoms with Crippen molar-refractivity contribution >= 4 is 12.1 Å². The average molecular weight is 230 g/mol. The van der Waals surface area contributed by atoms with Crippen molar-refractivity contribution in [3.05, 3.63) is 47.2 Å². The maximum atomic E-state index is 11.9. The van der Waals surface area contributed by atoms with Gasteiger partial charge in [-0.2, -0.15) is 0 Å². The number of Topliss-reactive ketones (excluding diaryl/α,β-unsaturated/α-hetero) is 1. The number of ketones is 1. The van der Waals surface area contributed by atoms with Crippen molar-refractivity contribution in [1.82, 2.24) is 0 Å². The van der Waals surface area contributed by atoms with E-state index in [0.717, 1.165) is 11.1 Å². The van der Waals surface area contributed by atoms with Gasteiger partial charge in [0.15, 0.2) is 0 Å². The van der Waals surface area contributed by atoms with Crippen LogP contribution in [0.1, 0.15) is 24.5 Å². The molecule has 1 unspecified atom stereocenters. The van der Waals surface area contributed by atoms with Crippen LogP contribution in [-0.4, -0.2) is 17.2 Å². The standard InChI is InChI=1S/C14H14O3/c1-10(16)14(8-9-15)12-5-3-2-4-11(12)6-7-13(14)17/h2-5,7,9,17H,6,8H2,1H3. The van der Waals surface area contributed by atoms with E-state index in [9.17, 15) is 14.7 Å². The van der Waals surface area contributed by atoms with Gasteiger partial charge in [0.25, 0.3) is 0 Å². The molecule has 0 fully saturated rings. The first kappa shape index (κ1) is 11.6. The Morgan fingerprint density at radius 1 is 1.47 bits per heavy atom. The minimum absolute atomic E-state index is 0.00389. The van der Waals surface area contributed by atoms with Crippen LogP contribution >= 0.6 is 0 Å². The van der Waals surface area contributed by atoms with E-state index in [4.69, 9.17) is 0 Å². The van der Waals surface area contributed by atoms with E-state index in [1.807, 2.05) is 24.3 Å². The highest BCUT2D eigenvalue weighted by Gasteiger charge is 2.44. The number of aldehydes is 1. The summed E-state index contributed by atoms with van der Waals surface area (Å²) in [4.78, 5) is 22.8. The SMILES string of the molecule is CC(=O)C1(CC=O)C(O)=CCc2ccccc21. The number of hydrogen-bond acceptors (Lipinski definition) is 3. The third-order valence-electron chi connectivity index (χ3n) is 3.42. The topological polar surface area (TPSA) is 54.4 Å². The second-order valence-electron chi connectivity index (χ2n) is 4.28. The molecule has 0 aliphatic heterocycles. The number of rotatable bonds is 3. The Hall–Kier alpha value is -1.90. The van der Waals surface area contributed by atoms with Crippen molar-refractivity contribution in [2.45, 2.75) is 25.2 Å². The van der Waals surface area contributed by atoms with Gasteiger partial charge in [-0.15, -0.1) is 0 Å². The fourth-order valence-corrected chi connectivity index (χ4v) is 2.49. The first-order valence-electron chi connectivity index (χ1n) is 5.55. The second-order valence-corrected chi connectivity index (χ2v) is 4.28. The molecule has 1 N–H and O–H groups in total. The maximum absolute atomic E-state index is 11.9. The Labute approximate surface area is 99.8 Å². The van der Waals surface area contributed by atoms with Crippen molar-refractivity contribution in [3.63, 3.8) is 0 Å². The lowest BCUT2D eigenvalue weighted by atomic mass is 9.68. The van der Waals surface area contributed by atoms with E-state index < -0.39 is 5.41 Å². The molecule has 0 amide bonds. The van der Waals surface area contributed by atoms with Gasteiger partial charge in [0.2, 0.25) is 0 Å². The number of benzene rings is 1. The predicted molar refractivity (Wildman–Crippen MR) is 63.9 cm³/mol. The summed E-state index contributed by atoms with van der Waals surface area (Å²) in [6.07, 6.45) is 2.89. The summed E-state index contributed by atoms with van der Waals surface area (Å²) in [5.74, 6) is -0.207. The summed E-state index contributed by atoms with van der Waals surface area (Å²) in [5, 5.41) is 10.0. The molecule has 1 aromatic carbocycles. The molecular formula is C14H14O3. The van der Waals surface area contributed by atoms with Crippen molar-refractivity contribution in [1.29, 1.82) is 0 Å². The molecule has 1 aliphatic carbocycles. The lowest BCUT2D eigenvalue weighted by Crippen LogP contribution is -2.39. The molecule has 1 aromatic rings. The third kappa shape index (κ3) is 1.58. The van der Waals surface area contributed by atoms with Crippen molar-refractivity contribution in [2.75, 3.05) is 0 Å². The van der Waals surface area contributed by atoms with Crippen LogP contribution < -0.4 is 0 Å². The molecule has 0 heterocycles. The number of fused-ring (bicyclic) bond motifs is 1. The van der Waals surface area contributed by atoms with Crippen LogP contribution in [0.15, 0.2) is 36.1 Å². The van der Waals surface area contributed by atoms with Gasteiger partial charge in [-0.3, -0.25) is 4.79 Å². The van der Waals surface area contributed by atoms with Gasteiger partial charge >= 0.3 is 0 Å². The summed E-state index contributed by atoms with van der Waals surface area (Å²) < 4.78 is 0. The van der Waals surface area contributed by atoms with Gasteiger partial charge in [0.05, 0.1) is 0 Å². The summed E-state index contributed by atoms with van der Waals surface area (Å²) in [7, 11) is 0. The van der Waals surface area contributed by atoms with Crippen LogP contribution in [-0.2, 0) is 21.4 Å². The maximum Gasteiger partial charge on any atom is 0.148 e. The van der Waals surface area contributed by atoms with Gasteiger partial charge in [0, 0.05) is 6.42 Å². The van der Waals surface area contributed by atoms with Crippen LogP contribution in [0.25, 0.3) is 0 Å².